The van der Waals surface area contributed by atoms with Crippen molar-refractivity contribution in [3.63, 3.8) is 0 Å². The van der Waals surface area contributed by atoms with E-state index in [4.69, 9.17) is 0 Å². The van der Waals surface area contributed by atoms with Crippen LogP contribution in [0.3, 0.4) is 0 Å². The fourth-order valence-electron chi connectivity index (χ4n) is 1.69. The van der Waals surface area contributed by atoms with Gasteiger partial charge in [0.25, 0.3) is 0 Å². The molecule has 0 saturated heterocycles. The van der Waals surface area contributed by atoms with E-state index in [1.54, 1.807) is 11.3 Å². The molecule has 0 atom stereocenters. The Balaban J connectivity index is 1.78. The summed E-state index contributed by atoms with van der Waals surface area (Å²) in [5, 5.41) is 13.1. The molecule has 0 fully saturated rings. The number of hydrogen-bond acceptors (Lipinski definition) is 5. The molecule has 0 spiro atoms. The fourth-order valence-corrected chi connectivity index (χ4v) is 2.56. The normalized spacial score (nSPS) is 10.4. The van der Waals surface area contributed by atoms with Crippen molar-refractivity contribution in [1.29, 1.82) is 0 Å². The van der Waals surface area contributed by atoms with E-state index >= 15 is 0 Å². The third-order valence-electron chi connectivity index (χ3n) is 2.65. The minimum atomic E-state index is 0.145. The highest BCUT2D eigenvalue weighted by Gasteiger charge is 2.06. The summed E-state index contributed by atoms with van der Waals surface area (Å²) in [6.07, 6.45) is 2.50. The van der Waals surface area contributed by atoms with Crippen LogP contribution in [0.25, 0.3) is 0 Å². The van der Waals surface area contributed by atoms with Crippen LogP contribution in [0.1, 0.15) is 35.1 Å². The van der Waals surface area contributed by atoms with Gasteiger partial charge >= 0.3 is 0 Å². The summed E-state index contributed by atoms with van der Waals surface area (Å²) in [6, 6.07) is 9.34. The average Bonchev–Trinajstić information content (AvgIpc) is 2.88. The van der Waals surface area contributed by atoms with Crippen molar-refractivity contribution >= 4 is 22.3 Å². The van der Waals surface area contributed by atoms with Crippen LogP contribution in [-0.4, -0.2) is 22.5 Å². The summed E-state index contributed by atoms with van der Waals surface area (Å²) in [6.45, 7) is 2.71. The number of ketones is 1. The number of carbonyl (C=O) groups is 1. The number of hydrogen-bond donors (Lipinski definition) is 1. The van der Waals surface area contributed by atoms with E-state index in [0.29, 0.717) is 13.0 Å². The number of anilines is 1. The molecule has 4 nitrogen and oxygen atoms in total. The van der Waals surface area contributed by atoms with Crippen molar-refractivity contribution in [3.05, 3.63) is 40.9 Å². The van der Waals surface area contributed by atoms with Gasteiger partial charge in [0.1, 0.15) is 5.01 Å². The first-order valence-corrected chi connectivity index (χ1v) is 7.25. The molecule has 0 aliphatic rings. The van der Waals surface area contributed by atoms with Gasteiger partial charge in [-0.25, -0.2) is 0 Å². The molecule has 2 aromatic rings. The molecule has 5 heteroatoms. The third kappa shape index (κ3) is 4.13. The lowest BCUT2D eigenvalue weighted by molar-refractivity contribution is 0.0986. The van der Waals surface area contributed by atoms with Gasteiger partial charge in [-0.3, -0.25) is 4.79 Å². The number of aryl methyl sites for hydroxylation is 1. The molecule has 0 amide bonds. The van der Waals surface area contributed by atoms with Gasteiger partial charge in [0.05, 0.1) is 0 Å². The van der Waals surface area contributed by atoms with Crippen LogP contribution in [0.15, 0.2) is 30.3 Å². The lowest BCUT2D eigenvalue weighted by atomic mass is 10.1. The first-order valence-electron chi connectivity index (χ1n) is 6.44. The van der Waals surface area contributed by atoms with Gasteiger partial charge in [-0.2, -0.15) is 0 Å². The van der Waals surface area contributed by atoms with Crippen LogP contribution in [0.4, 0.5) is 5.13 Å². The predicted octanol–water partition coefficient (Wildman–Crippen LogP) is 3.18. The highest BCUT2D eigenvalue weighted by atomic mass is 32.1. The molecule has 1 aromatic carbocycles. The lowest BCUT2D eigenvalue weighted by Crippen LogP contribution is -2.08. The molecular weight excluding hydrogens is 258 g/mol. The van der Waals surface area contributed by atoms with Crippen molar-refractivity contribution in [2.45, 2.75) is 26.2 Å². The quantitative estimate of drug-likeness (QED) is 0.789. The highest BCUT2D eigenvalue weighted by Crippen LogP contribution is 2.16. The van der Waals surface area contributed by atoms with Crippen LogP contribution in [0.5, 0.6) is 0 Å². The molecule has 100 valence electrons. The smallest absolute Gasteiger partial charge is 0.205 e. The molecule has 0 aliphatic heterocycles. The van der Waals surface area contributed by atoms with Gasteiger partial charge in [-0.1, -0.05) is 48.6 Å². The van der Waals surface area contributed by atoms with E-state index in [1.807, 2.05) is 30.3 Å². The molecule has 0 aliphatic carbocycles. The fraction of sp³-hybridized carbons (Fsp3) is 0.357. The largest absolute Gasteiger partial charge is 0.360 e. The van der Waals surface area contributed by atoms with Crippen molar-refractivity contribution < 1.29 is 4.79 Å². The first kappa shape index (κ1) is 13.7. The molecule has 19 heavy (non-hydrogen) atoms. The van der Waals surface area contributed by atoms with E-state index < -0.39 is 0 Å². The minimum absolute atomic E-state index is 0.145. The molecule has 0 radical (unpaired) electrons. The molecule has 1 heterocycles. The Kier molecular flexibility index (Phi) is 5.03. The number of benzene rings is 1. The van der Waals surface area contributed by atoms with Crippen molar-refractivity contribution in [2.24, 2.45) is 0 Å². The van der Waals surface area contributed by atoms with Crippen molar-refractivity contribution in [2.75, 3.05) is 11.9 Å². The monoisotopic (exact) mass is 275 g/mol. The maximum Gasteiger partial charge on any atom is 0.205 e. The topological polar surface area (TPSA) is 54.9 Å². The highest BCUT2D eigenvalue weighted by molar-refractivity contribution is 7.15. The van der Waals surface area contributed by atoms with Gasteiger partial charge in [0.2, 0.25) is 5.13 Å². The van der Waals surface area contributed by atoms with Crippen LogP contribution < -0.4 is 5.32 Å². The summed E-state index contributed by atoms with van der Waals surface area (Å²) in [7, 11) is 0. The average molecular weight is 275 g/mol. The maximum absolute atomic E-state index is 11.9. The van der Waals surface area contributed by atoms with E-state index in [-0.39, 0.29) is 5.78 Å². The number of aromatic nitrogens is 2. The number of rotatable bonds is 7. The molecule has 2 rings (SSSR count). The second kappa shape index (κ2) is 6.99. The van der Waals surface area contributed by atoms with Crippen LogP contribution >= 0.6 is 11.3 Å². The summed E-state index contributed by atoms with van der Waals surface area (Å²) in [4.78, 5) is 11.9. The Hall–Kier alpha value is -1.75. The Bertz CT molecular complexity index is 524. The Labute approximate surface area is 116 Å². The summed E-state index contributed by atoms with van der Waals surface area (Å²) >= 11 is 1.56. The van der Waals surface area contributed by atoms with Gasteiger partial charge in [0, 0.05) is 24.9 Å². The van der Waals surface area contributed by atoms with Crippen LogP contribution in [0, 0.1) is 0 Å². The van der Waals surface area contributed by atoms with Crippen LogP contribution in [0.2, 0.25) is 0 Å². The zero-order chi connectivity index (χ0) is 13.5. The molecule has 0 unspecified atom stereocenters. The number of carbonyl (C=O) groups excluding carboxylic acids is 1. The molecular formula is C14H17N3OS. The Morgan fingerprint density at radius 1 is 1.26 bits per heavy atom. The van der Waals surface area contributed by atoms with Gasteiger partial charge in [-0.15, -0.1) is 10.2 Å². The molecule has 1 aromatic heterocycles. The zero-order valence-electron chi connectivity index (χ0n) is 10.9. The Morgan fingerprint density at radius 2 is 2.05 bits per heavy atom. The maximum atomic E-state index is 11.9. The standard InChI is InChI=1S/C14H17N3OS/c1-2-6-13-16-17-14(19-13)15-10-9-12(18)11-7-4-3-5-8-11/h3-5,7-8H,2,6,9-10H2,1H3,(H,15,17). The summed E-state index contributed by atoms with van der Waals surface area (Å²) < 4.78 is 0. The zero-order valence-corrected chi connectivity index (χ0v) is 11.7. The second-order valence-electron chi connectivity index (χ2n) is 4.22. The van der Waals surface area contributed by atoms with E-state index in [1.165, 1.54) is 0 Å². The molecule has 0 bridgehead atoms. The Morgan fingerprint density at radius 3 is 2.79 bits per heavy atom. The number of nitrogens with one attached hydrogen (secondary N) is 1. The van der Waals surface area contributed by atoms with Crippen molar-refractivity contribution in [3.8, 4) is 0 Å². The van der Waals surface area contributed by atoms with Crippen LogP contribution in [-0.2, 0) is 6.42 Å². The molecule has 0 saturated carbocycles. The lowest BCUT2D eigenvalue weighted by Gasteiger charge is -2.01. The number of nitrogens with zero attached hydrogens (tertiary/aromatic N) is 2. The SMILES string of the molecule is CCCc1nnc(NCCC(=O)c2ccccc2)s1. The van der Waals surface area contributed by atoms with E-state index in [0.717, 1.165) is 28.5 Å². The summed E-state index contributed by atoms with van der Waals surface area (Å²) in [5.41, 5.74) is 0.758. The summed E-state index contributed by atoms with van der Waals surface area (Å²) in [5.74, 6) is 0.145. The minimum Gasteiger partial charge on any atom is -0.360 e. The van der Waals surface area contributed by atoms with Gasteiger partial charge in [0.15, 0.2) is 5.78 Å². The number of Topliss-reactive ketones (excluding diaryl/α,β-unsaturated/α-hetero) is 1. The first-order chi connectivity index (χ1) is 9.29. The van der Waals surface area contributed by atoms with Gasteiger partial charge < -0.3 is 5.32 Å². The van der Waals surface area contributed by atoms with Gasteiger partial charge in [-0.05, 0) is 6.42 Å². The van der Waals surface area contributed by atoms with Crippen molar-refractivity contribution in [1.82, 2.24) is 10.2 Å². The van der Waals surface area contributed by atoms with E-state index in [9.17, 15) is 4.79 Å². The second-order valence-corrected chi connectivity index (χ2v) is 5.28. The predicted molar refractivity (Wildman–Crippen MR) is 77.8 cm³/mol. The third-order valence-corrected chi connectivity index (χ3v) is 3.60. The molecule has 1 N–H and O–H groups in total. The van der Waals surface area contributed by atoms with E-state index in [2.05, 4.69) is 22.4 Å².